The topological polar surface area (TPSA) is 52.9 Å². The van der Waals surface area contributed by atoms with E-state index in [0.717, 1.165) is 6.42 Å². The first-order chi connectivity index (χ1) is 9.58. The molecule has 1 heterocycles. The van der Waals surface area contributed by atoms with Crippen molar-refractivity contribution in [3.8, 4) is 0 Å². The summed E-state index contributed by atoms with van der Waals surface area (Å²) >= 11 is 5.85. The van der Waals surface area contributed by atoms with Gasteiger partial charge in [0, 0.05) is 25.4 Å². The van der Waals surface area contributed by atoms with Crippen LogP contribution in [0.1, 0.15) is 30.1 Å². The Balaban J connectivity index is 2.20. The van der Waals surface area contributed by atoms with Crippen molar-refractivity contribution in [3.63, 3.8) is 0 Å². The van der Waals surface area contributed by atoms with Gasteiger partial charge in [-0.3, -0.25) is 4.79 Å². The Morgan fingerprint density at radius 2 is 2.35 bits per heavy atom. The highest BCUT2D eigenvalue weighted by Gasteiger charge is 2.29. The van der Waals surface area contributed by atoms with Crippen molar-refractivity contribution >= 4 is 23.2 Å². The fourth-order valence-electron chi connectivity index (χ4n) is 2.44. The van der Waals surface area contributed by atoms with E-state index in [1.807, 2.05) is 6.92 Å². The number of carbonyl (C=O) groups is 1. The molecule has 0 radical (unpaired) electrons. The summed E-state index contributed by atoms with van der Waals surface area (Å²) in [6.07, 6.45) is 1.30. The number of carbonyl (C=O) groups excluding carboxylic acids is 1. The monoisotopic (exact) mass is 298 g/mol. The highest BCUT2D eigenvalue weighted by Crippen LogP contribution is 2.24. The molecule has 1 saturated heterocycles. The second kappa shape index (κ2) is 6.22. The lowest BCUT2D eigenvalue weighted by molar-refractivity contribution is 0.0728. The first kappa shape index (κ1) is 14.8. The molecule has 1 unspecified atom stereocenters. The molecule has 108 valence electrons. The number of benzene rings is 1. The van der Waals surface area contributed by atoms with E-state index in [1.165, 1.54) is 18.2 Å². The summed E-state index contributed by atoms with van der Waals surface area (Å²) in [6.45, 7) is 2.88. The normalized spacial score (nSPS) is 21.2. The maximum atomic E-state index is 13.4. The number of piperidine rings is 1. The van der Waals surface area contributed by atoms with Gasteiger partial charge in [0.05, 0.1) is 16.3 Å². The number of halogens is 2. The second-order valence-corrected chi connectivity index (χ2v) is 5.18. The van der Waals surface area contributed by atoms with Gasteiger partial charge in [-0.05, 0) is 18.6 Å². The molecule has 0 aromatic heterocycles. The molecular formula is C14H16ClFN2O2. The molecule has 0 aliphatic carbocycles. The van der Waals surface area contributed by atoms with Gasteiger partial charge in [-0.2, -0.15) is 0 Å². The highest BCUT2D eigenvalue weighted by molar-refractivity contribution is 6.34. The minimum atomic E-state index is -0.598. The molecule has 1 N–H and O–H groups in total. The van der Waals surface area contributed by atoms with Crippen LogP contribution in [0.4, 0.5) is 4.39 Å². The second-order valence-electron chi connectivity index (χ2n) is 4.80. The SMILES string of the molecule is CCC1CN(C(=O)c2cccc(F)c2Cl)CC/C1=N\O. The van der Waals surface area contributed by atoms with E-state index < -0.39 is 5.82 Å². The maximum Gasteiger partial charge on any atom is 0.255 e. The molecular weight excluding hydrogens is 283 g/mol. The molecule has 1 fully saturated rings. The third-order valence-corrected chi connectivity index (χ3v) is 4.02. The van der Waals surface area contributed by atoms with E-state index in [2.05, 4.69) is 5.16 Å². The molecule has 1 aliphatic rings. The Morgan fingerprint density at radius 3 is 3.00 bits per heavy atom. The van der Waals surface area contributed by atoms with Gasteiger partial charge in [0.2, 0.25) is 0 Å². The van der Waals surface area contributed by atoms with Crippen molar-refractivity contribution in [1.82, 2.24) is 4.90 Å². The summed E-state index contributed by atoms with van der Waals surface area (Å²) in [5.41, 5.74) is 0.882. The van der Waals surface area contributed by atoms with Crippen LogP contribution in [-0.2, 0) is 0 Å². The zero-order chi connectivity index (χ0) is 14.7. The minimum absolute atomic E-state index is 0.0324. The van der Waals surface area contributed by atoms with Crippen LogP contribution in [0.3, 0.4) is 0 Å². The number of oxime groups is 1. The summed E-state index contributed by atoms with van der Waals surface area (Å²) in [6, 6.07) is 4.21. The lowest BCUT2D eigenvalue weighted by Gasteiger charge is -2.33. The van der Waals surface area contributed by atoms with Crippen molar-refractivity contribution in [2.75, 3.05) is 13.1 Å². The quantitative estimate of drug-likeness (QED) is 0.673. The van der Waals surface area contributed by atoms with E-state index >= 15 is 0 Å². The summed E-state index contributed by atoms with van der Waals surface area (Å²) in [5, 5.41) is 12.1. The van der Waals surface area contributed by atoms with Crippen LogP contribution in [0.25, 0.3) is 0 Å². The predicted octanol–water partition coefficient (Wildman–Crippen LogP) is 3.18. The molecule has 20 heavy (non-hydrogen) atoms. The minimum Gasteiger partial charge on any atom is -0.411 e. The van der Waals surface area contributed by atoms with Crippen molar-refractivity contribution in [1.29, 1.82) is 0 Å². The number of hydrogen-bond donors (Lipinski definition) is 1. The van der Waals surface area contributed by atoms with Gasteiger partial charge in [0.1, 0.15) is 5.82 Å². The zero-order valence-corrected chi connectivity index (χ0v) is 11.9. The predicted molar refractivity (Wildman–Crippen MR) is 74.9 cm³/mol. The van der Waals surface area contributed by atoms with Crippen LogP contribution in [0.5, 0.6) is 0 Å². The lowest BCUT2D eigenvalue weighted by atomic mass is 9.93. The van der Waals surface area contributed by atoms with Gasteiger partial charge >= 0.3 is 0 Å². The number of likely N-dealkylation sites (tertiary alicyclic amines) is 1. The van der Waals surface area contributed by atoms with Crippen LogP contribution in [0.15, 0.2) is 23.4 Å². The van der Waals surface area contributed by atoms with Gasteiger partial charge in [0.25, 0.3) is 5.91 Å². The molecule has 6 heteroatoms. The zero-order valence-electron chi connectivity index (χ0n) is 11.1. The van der Waals surface area contributed by atoms with Crippen LogP contribution in [-0.4, -0.2) is 34.8 Å². The van der Waals surface area contributed by atoms with Crippen molar-refractivity contribution in [2.45, 2.75) is 19.8 Å². The summed E-state index contributed by atoms with van der Waals surface area (Å²) < 4.78 is 13.4. The average Bonchev–Trinajstić information content (AvgIpc) is 2.48. The first-order valence-corrected chi connectivity index (χ1v) is 6.90. The third-order valence-electron chi connectivity index (χ3n) is 3.64. The number of nitrogens with zero attached hydrogens (tertiary/aromatic N) is 2. The van der Waals surface area contributed by atoms with Crippen LogP contribution in [0, 0.1) is 11.7 Å². The molecule has 2 rings (SSSR count). The first-order valence-electron chi connectivity index (χ1n) is 6.52. The molecule has 1 aromatic rings. The van der Waals surface area contributed by atoms with Crippen molar-refractivity contribution < 1.29 is 14.4 Å². The van der Waals surface area contributed by atoms with Gasteiger partial charge in [0.15, 0.2) is 0 Å². The van der Waals surface area contributed by atoms with Gasteiger partial charge in [-0.1, -0.05) is 29.7 Å². The van der Waals surface area contributed by atoms with Gasteiger partial charge < -0.3 is 10.1 Å². The van der Waals surface area contributed by atoms with Gasteiger partial charge in [-0.15, -0.1) is 0 Å². The van der Waals surface area contributed by atoms with E-state index in [1.54, 1.807) is 4.90 Å². The number of hydrogen-bond acceptors (Lipinski definition) is 3. The average molecular weight is 299 g/mol. The summed E-state index contributed by atoms with van der Waals surface area (Å²) in [7, 11) is 0. The summed E-state index contributed by atoms with van der Waals surface area (Å²) in [5.74, 6) is -0.853. The fraction of sp³-hybridized carbons (Fsp3) is 0.429. The molecule has 0 saturated carbocycles. The molecule has 4 nitrogen and oxygen atoms in total. The Hall–Kier alpha value is -1.62. The Kier molecular flexibility index (Phi) is 4.60. The third kappa shape index (κ3) is 2.77. The molecule has 1 atom stereocenters. The molecule has 1 amide bonds. The van der Waals surface area contributed by atoms with E-state index in [4.69, 9.17) is 16.8 Å². The smallest absolute Gasteiger partial charge is 0.255 e. The Morgan fingerprint density at radius 1 is 1.60 bits per heavy atom. The van der Waals surface area contributed by atoms with Crippen molar-refractivity contribution in [3.05, 3.63) is 34.6 Å². The van der Waals surface area contributed by atoms with E-state index in [9.17, 15) is 9.18 Å². The molecule has 0 bridgehead atoms. The van der Waals surface area contributed by atoms with E-state index in [-0.39, 0.29) is 22.4 Å². The largest absolute Gasteiger partial charge is 0.411 e. The maximum absolute atomic E-state index is 13.4. The van der Waals surface area contributed by atoms with Gasteiger partial charge in [-0.25, -0.2) is 4.39 Å². The van der Waals surface area contributed by atoms with Crippen molar-refractivity contribution in [2.24, 2.45) is 11.1 Å². The van der Waals surface area contributed by atoms with E-state index in [0.29, 0.717) is 25.2 Å². The standard InChI is InChI=1S/C14H16ClFN2O2/c1-2-9-8-18(7-6-12(9)17-20)14(19)10-4-3-5-11(16)13(10)15/h3-5,9,20H,2,6-8H2,1H3/b17-12+. The Bertz CT molecular complexity index is 548. The molecule has 1 aliphatic heterocycles. The lowest BCUT2D eigenvalue weighted by Crippen LogP contribution is -2.44. The fourth-order valence-corrected chi connectivity index (χ4v) is 2.64. The number of amides is 1. The molecule has 0 spiro atoms. The summed E-state index contributed by atoms with van der Waals surface area (Å²) in [4.78, 5) is 14.0. The highest BCUT2D eigenvalue weighted by atomic mass is 35.5. The number of rotatable bonds is 2. The van der Waals surface area contributed by atoms with Crippen LogP contribution >= 0.6 is 11.6 Å². The van der Waals surface area contributed by atoms with Crippen LogP contribution in [0.2, 0.25) is 5.02 Å². The molecule has 1 aromatic carbocycles. The Labute approximate surface area is 121 Å². The van der Waals surface area contributed by atoms with Crippen LogP contribution < -0.4 is 0 Å².